The first-order valence-corrected chi connectivity index (χ1v) is 5.08. The molecule has 1 aromatic rings. The van der Waals surface area contributed by atoms with Crippen molar-refractivity contribution >= 4 is 21.5 Å². The zero-order valence-electron chi connectivity index (χ0n) is 6.30. The first-order valence-electron chi connectivity index (χ1n) is 2.66. The van der Waals surface area contributed by atoms with Gasteiger partial charge in [-0.1, -0.05) is 0 Å². The fraction of sp³-hybridized carbons (Fsp3) is 0.200. The second-order valence-electron chi connectivity index (χ2n) is 1.90. The summed E-state index contributed by atoms with van der Waals surface area (Å²) in [6.07, 6.45) is 0. The minimum Gasteiger partial charge on any atom is -0.746 e. The van der Waals surface area contributed by atoms with Gasteiger partial charge in [0.2, 0.25) is 0 Å². The first kappa shape index (κ1) is 12.6. The maximum Gasteiger partial charge on any atom is 1.00 e. The van der Waals surface area contributed by atoms with Gasteiger partial charge in [-0.25, -0.2) is 8.42 Å². The van der Waals surface area contributed by atoms with Gasteiger partial charge < -0.3 is 9.66 Å². The van der Waals surface area contributed by atoms with E-state index in [0.717, 1.165) is 0 Å². The van der Waals surface area contributed by atoms with Gasteiger partial charge in [0.25, 0.3) is 0 Å². The van der Waals surface area contributed by atoms with Gasteiger partial charge in [-0.3, -0.25) is 0 Å². The van der Waals surface area contributed by atoms with Crippen molar-refractivity contribution in [2.45, 2.75) is 5.44 Å². The zero-order valence-corrected chi connectivity index (χ0v) is 9.93. The van der Waals surface area contributed by atoms with Crippen LogP contribution in [0.3, 0.4) is 0 Å². The SMILES string of the molecule is O=S(=O)([O-])C(O)c1ccsc1.[Na+]. The molecule has 1 rings (SSSR count). The second-order valence-corrected chi connectivity index (χ2v) is 4.11. The second kappa shape index (κ2) is 4.71. The Morgan fingerprint density at radius 1 is 1.58 bits per heavy atom. The van der Waals surface area contributed by atoms with Crippen molar-refractivity contribution in [1.82, 2.24) is 0 Å². The van der Waals surface area contributed by atoms with Crippen LogP contribution in [-0.2, 0) is 10.1 Å². The number of aliphatic hydroxyl groups is 1. The molecule has 0 saturated carbocycles. The largest absolute Gasteiger partial charge is 1.00 e. The Kier molecular flexibility index (Phi) is 4.93. The summed E-state index contributed by atoms with van der Waals surface area (Å²) < 4.78 is 30.7. The average molecular weight is 216 g/mol. The van der Waals surface area contributed by atoms with Gasteiger partial charge in [-0.15, -0.1) is 0 Å². The molecule has 7 heteroatoms. The molecule has 12 heavy (non-hydrogen) atoms. The maximum atomic E-state index is 10.2. The number of aliphatic hydroxyl groups excluding tert-OH is 1. The summed E-state index contributed by atoms with van der Waals surface area (Å²) in [5.74, 6) is 0. The van der Waals surface area contributed by atoms with Crippen LogP contribution >= 0.6 is 11.3 Å². The van der Waals surface area contributed by atoms with E-state index in [-0.39, 0.29) is 35.1 Å². The number of hydrogen-bond acceptors (Lipinski definition) is 5. The molecule has 4 nitrogen and oxygen atoms in total. The molecule has 0 bridgehead atoms. The molecule has 0 aliphatic rings. The molecule has 1 heterocycles. The fourth-order valence-electron chi connectivity index (χ4n) is 0.582. The van der Waals surface area contributed by atoms with Crippen LogP contribution in [0.25, 0.3) is 0 Å². The van der Waals surface area contributed by atoms with E-state index >= 15 is 0 Å². The quantitative estimate of drug-likeness (QED) is 0.430. The Bertz CT molecular complexity index is 317. The third-order valence-electron chi connectivity index (χ3n) is 1.10. The summed E-state index contributed by atoms with van der Waals surface area (Å²) >= 11 is 1.22. The smallest absolute Gasteiger partial charge is 0.746 e. The van der Waals surface area contributed by atoms with E-state index in [1.165, 1.54) is 22.8 Å². The Morgan fingerprint density at radius 2 is 2.17 bits per heavy atom. The Labute approximate surface area is 96.3 Å². The summed E-state index contributed by atoms with van der Waals surface area (Å²) in [5, 5.41) is 11.9. The molecule has 1 aromatic heterocycles. The van der Waals surface area contributed by atoms with E-state index in [0.29, 0.717) is 0 Å². The molecule has 0 aromatic carbocycles. The molecule has 0 aliphatic heterocycles. The summed E-state index contributed by atoms with van der Waals surface area (Å²) in [7, 11) is -4.61. The average Bonchev–Trinajstić information content (AvgIpc) is 2.34. The van der Waals surface area contributed by atoms with Crippen LogP contribution in [0.2, 0.25) is 0 Å². The molecule has 0 fully saturated rings. The summed E-state index contributed by atoms with van der Waals surface area (Å²) in [6.45, 7) is 0. The monoisotopic (exact) mass is 216 g/mol. The molecule has 1 atom stereocenters. The third kappa shape index (κ3) is 3.14. The van der Waals surface area contributed by atoms with Crippen LogP contribution in [0, 0.1) is 0 Å². The normalized spacial score (nSPS) is 13.5. The predicted octanol–water partition coefficient (Wildman–Crippen LogP) is -2.71. The van der Waals surface area contributed by atoms with Crippen LogP contribution in [0.1, 0.15) is 11.0 Å². The molecule has 62 valence electrons. The van der Waals surface area contributed by atoms with Gasteiger partial charge in [-0.05, 0) is 16.8 Å². The van der Waals surface area contributed by atoms with E-state index in [2.05, 4.69) is 0 Å². The Hall–Kier alpha value is 0.570. The van der Waals surface area contributed by atoms with Crippen molar-refractivity contribution in [1.29, 1.82) is 0 Å². The maximum absolute atomic E-state index is 10.2. The van der Waals surface area contributed by atoms with Crippen LogP contribution in [0.5, 0.6) is 0 Å². The van der Waals surface area contributed by atoms with Crippen molar-refractivity contribution in [2.24, 2.45) is 0 Å². The predicted molar refractivity (Wildman–Crippen MR) is 39.0 cm³/mol. The van der Waals surface area contributed by atoms with Gasteiger partial charge in [0.15, 0.2) is 5.44 Å². The molecule has 0 spiro atoms. The Balaban J connectivity index is 0.00000121. The number of thiophene rings is 1. The minimum absolute atomic E-state index is 0. The van der Waals surface area contributed by atoms with Crippen molar-refractivity contribution in [3.8, 4) is 0 Å². The molecule has 1 N–H and O–H groups in total. The summed E-state index contributed by atoms with van der Waals surface area (Å²) in [5.41, 5.74) is -1.79. The van der Waals surface area contributed by atoms with Gasteiger partial charge in [0.1, 0.15) is 10.1 Å². The van der Waals surface area contributed by atoms with E-state index < -0.39 is 15.6 Å². The van der Waals surface area contributed by atoms with Crippen LogP contribution in [0.15, 0.2) is 16.8 Å². The van der Waals surface area contributed by atoms with Crippen LogP contribution < -0.4 is 29.6 Å². The molecule has 0 aliphatic carbocycles. The van der Waals surface area contributed by atoms with Gasteiger partial charge in [0, 0.05) is 5.56 Å². The van der Waals surface area contributed by atoms with Crippen molar-refractivity contribution in [2.75, 3.05) is 0 Å². The first-order chi connectivity index (χ1) is 5.02. The summed E-state index contributed by atoms with van der Waals surface area (Å²) in [4.78, 5) is 0. The fourth-order valence-corrected chi connectivity index (χ4v) is 1.83. The van der Waals surface area contributed by atoms with Crippen molar-refractivity contribution in [3.63, 3.8) is 0 Å². The molecule has 1 unspecified atom stereocenters. The third-order valence-corrected chi connectivity index (χ3v) is 2.62. The molecule has 0 radical (unpaired) electrons. The standard InChI is InChI=1S/C5H6O4S2.Na/c6-5(11(7,8)9)4-1-2-10-3-4;/h1-3,5-6H,(H,7,8,9);/q;+1/p-1. The Morgan fingerprint density at radius 3 is 2.50 bits per heavy atom. The van der Waals surface area contributed by atoms with Crippen LogP contribution in [-0.4, -0.2) is 18.1 Å². The zero-order chi connectivity index (χ0) is 8.48. The molecule has 0 amide bonds. The van der Waals surface area contributed by atoms with Crippen LogP contribution in [0.4, 0.5) is 0 Å². The molecular formula is C5H5NaO4S2. The van der Waals surface area contributed by atoms with E-state index in [9.17, 15) is 13.0 Å². The van der Waals surface area contributed by atoms with Gasteiger partial charge in [-0.2, -0.15) is 11.3 Å². The molecule has 0 saturated heterocycles. The minimum atomic E-state index is -4.61. The van der Waals surface area contributed by atoms with Crippen molar-refractivity contribution in [3.05, 3.63) is 22.4 Å². The number of hydrogen-bond donors (Lipinski definition) is 1. The van der Waals surface area contributed by atoms with Gasteiger partial charge in [0.05, 0.1) is 0 Å². The van der Waals surface area contributed by atoms with Gasteiger partial charge >= 0.3 is 29.6 Å². The molecular weight excluding hydrogens is 211 g/mol. The van der Waals surface area contributed by atoms with E-state index in [1.54, 1.807) is 5.38 Å². The van der Waals surface area contributed by atoms with E-state index in [1.807, 2.05) is 0 Å². The topological polar surface area (TPSA) is 77.4 Å². The summed E-state index contributed by atoms with van der Waals surface area (Å²) in [6, 6.07) is 1.39. The van der Waals surface area contributed by atoms with Crippen molar-refractivity contribution < 1.29 is 47.6 Å². The van der Waals surface area contributed by atoms with E-state index in [4.69, 9.17) is 5.11 Å². The number of rotatable bonds is 2.